The Bertz CT molecular complexity index is 628. The first-order chi connectivity index (χ1) is 11.2. The van der Waals surface area contributed by atoms with Gasteiger partial charge in [-0.3, -0.25) is 5.10 Å². The van der Waals surface area contributed by atoms with Crippen LogP contribution in [-0.2, 0) is 6.42 Å². The molecule has 2 rings (SSSR count). The van der Waals surface area contributed by atoms with Crippen molar-refractivity contribution in [2.75, 3.05) is 0 Å². The summed E-state index contributed by atoms with van der Waals surface area (Å²) >= 11 is 6.86. The van der Waals surface area contributed by atoms with Gasteiger partial charge in [0.2, 0.25) is 9.90 Å². The van der Waals surface area contributed by atoms with E-state index in [-0.39, 0.29) is 0 Å². The van der Waals surface area contributed by atoms with Crippen molar-refractivity contribution in [1.82, 2.24) is 25.0 Å². The topological polar surface area (TPSA) is 59.4 Å². The minimum absolute atomic E-state index is 0.604. The van der Waals surface area contributed by atoms with E-state index in [9.17, 15) is 0 Å². The van der Waals surface area contributed by atoms with E-state index in [4.69, 9.17) is 12.2 Å². The Labute approximate surface area is 147 Å². The number of aromatic amines is 1. The number of hydrogen-bond donors (Lipinski definition) is 1. The molecule has 0 atom stereocenters. The summed E-state index contributed by atoms with van der Waals surface area (Å²) in [4.78, 5) is 0. The van der Waals surface area contributed by atoms with Gasteiger partial charge in [-0.1, -0.05) is 69.6 Å². The van der Waals surface area contributed by atoms with E-state index in [1.807, 2.05) is 11.5 Å². The molecule has 1 N–H and O–H groups in total. The lowest BCUT2D eigenvalue weighted by Crippen LogP contribution is -2.01. The van der Waals surface area contributed by atoms with Crippen molar-refractivity contribution in [3.8, 4) is 5.13 Å². The predicted octanol–water partition coefficient (Wildman–Crippen LogP) is 5.16. The van der Waals surface area contributed by atoms with Crippen molar-refractivity contribution in [3.05, 3.63) is 15.6 Å². The molecule has 0 amide bonds. The summed E-state index contributed by atoms with van der Waals surface area (Å²) in [6.07, 6.45) is 12.9. The molecule has 2 aromatic heterocycles. The Morgan fingerprint density at radius 1 is 1.00 bits per heavy atom. The minimum Gasteiger partial charge on any atom is -0.251 e. The number of unbranched alkanes of at least 4 members (excludes halogenated alkanes) is 8. The molecule has 7 heteroatoms. The van der Waals surface area contributed by atoms with Crippen LogP contribution < -0.4 is 0 Å². The summed E-state index contributed by atoms with van der Waals surface area (Å²) in [5.41, 5.74) is 0. The fourth-order valence-electron chi connectivity index (χ4n) is 2.66. The van der Waals surface area contributed by atoms with Gasteiger partial charge in [0.05, 0.1) is 0 Å². The van der Waals surface area contributed by atoms with Gasteiger partial charge >= 0.3 is 0 Å². The second-order valence-corrected chi connectivity index (χ2v) is 7.51. The monoisotopic (exact) mass is 353 g/mol. The van der Waals surface area contributed by atoms with Gasteiger partial charge in [-0.2, -0.15) is 5.10 Å². The van der Waals surface area contributed by atoms with Crippen LogP contribution in [0.4, 0.5) is 0 Å². The van der Waals surface area contributed by atoms with Gasteiger partial charge in [0.1, 0.15) is 10.8 Å². The average Bonchev–Trinajstić information content (AvgIpc) is 3.11. The molecule has 2 heterocycles. The molecule has 0 spiro atoms. The van der Waals surface area contributed by atoms with Gasteiger partial charge in [0.15, 0.2) is 0 Å². The molecule has 0 aliphatic rings. The molecular weight excluding hydrogens is 326 g/mol. The van der Waals surface area contributed by atoms with E-state index >= 15 is 0 Å². The van der Waals surface area contributed by atoms with Gasteiger partial charge in [0.25, 0.3) is 0 Å². The van der Waals surface area contributed by atoms with E-state index in [2.05, 4.69) is 27.3 Å². The molecule has 5 nitrogen and oxygen atoms in total. The molecule has 23 heavy (non-hydrogen) atoms. The molecule has 2 aromatic rings. The van der Waals surface area contributed by atoms with E-state index < -0.39 is 0 Å². The highest BCUT2D eigenvalue weighted by Gasteiger charge is 2.11. The second-order valence-electron chi connectivity index (χ2n) is 5.96. The number of H-pyrrole nitrogens is 1. The van der Waals surface area contributed by atoms with Crippen LogP contribution in [0.1, 0.15) is 75.5 Å². The number of hydrogen-bond acceptors (Lipinski definition) is 5. The zero-order valence-corrected chi connectivity index (χ0v) is 15.8. The van der Waals surface area contributed by atoms with Gasteiger partial charge in [0, 0.05) is 6.42 Å². The molecule has 0 aromatic carbocycles. The lowest BCUT2D eigenvalue weighted by Gasteiger charge is -2.03. The normalized spacial score (nSPS) is 11.2. The molecule has 0 aliphatic carbocycles. The maximum Gasteiger partial charge on any atom is 0.220 e. The molecule has 0 bridgehead atoms. The smallest absolute Gasteiger partial charge is 0.220 e. The van der Waals surface area contributed by atoms with Crippen molar-refractivity contribution in [3.63, 3.8) is 0 Å². The van der Waals surface area contributed by atoms with Crippen molar-refractivity contribution < 1.29 is 0 Å². The fraction of sp³-hybridized carbons (Fsp3) is 0.750. The molecule has 128 valence electrons. The lowest BCUT2D eigenvalue weighted by molar-refractivity contribution is 0.561. The molecule has 0 radical (unpaired) electrons. The first-order valence-corrected chi connectivity index (χ1v) is 9.91. The number of rotatable bonds is 11. The average molecular weight is 354 g/mol. The van der Waals surface area contributed by atoms with Gasteiger partial charge in [-0.25, -0.2) is 4.57 Å². The van der Waals surface area contributed by atoms with E-state index in [0.29, 0.717) is 4.77 Å². The van der Waals surface area contributed by atoms with Crippen molar-refractivity contribution >= 4 is 23.6 Å². The fourth-order valence-corrected chi connectivity index (χ4v) is 3.68. The van der Waals surface area contributed by atoms with Crippen molar-refractivity contribution in [2.24, 2.45) is 0 Å². The molecule has 0 fully saturated rings. The van der Waals surface area contributed by atoms with Gasteiger partial charge < -0.3 is 0 Å². The number of aryl methyl sites for hydroxylation is 2. The zero-order valence-electron chi connectivity index (χ0n) is 14.2. The van der Waals surface area contributed by atoms with Crippen LogP contribution in [0.5, 0.6) is 0 Å². The quantitative estimate of drug-likeness (QED) is 0.447. The maximum atomic E-state index is 5.32. The predicted molar refractivity (Wildman–Crippen MR) is 97.9 cm³/mol. The maximum absolute atomic E-state index is 5.32. The summed E-state index contributed by atoms with van der Waals surface area (Å²) in [6.45, 7) is 4.21. The molecule has 0 aliphatic heterocycles. The summed E-state index contributed by atoms with van der Waals surface area (Å²) in [5.74, 6) is 0.967. The van der Waals surface area contributed by atoms with Crippen LogP contribution in [0.2, 0.25) is 0 Å². The standard InChI is InChI=1S/C16H27N5S2/c1-3-4-5-6-7-8-9-10-11-12-14-18-19-15(22)21(14)16-20-17-13(2)23-16/h3-12H2,1-2H3,(H,19,22). The molecule has 0 saturated carbocycles. The van der Waals surface area contributed by atoms with Crippen LogP contribution in [0, 0.1) is 11.7 Å². The SMILES string of the molecule is CCCCCCCCCCCc1n[nH]c(=S)n1-c1nnc(C)s1. The Hall–Kier alpha value is -1.08. The summed E-state index contributed by atoms with van der Waals surface area (Å²) in [7, 11) is 0. The third kappa shape index (κ3) is 5.80. The van der Waals surface area contributed by atoms with Gasteiger partial charge in [-0.15, -0.1) is 10.2 Å². The van der Waals surface area contributed by atoms with Gasteiger partial charge in [-0.05, 0) is 25.6 Å². The first-order valence-electron chi connectivity index (χ1n) is 8.69. The van der Waals surface area contributed by atoms with E-state index in [1.165, 1.54) is 51.4 Å². The van der Waals surface area contributed by atoms with Crippen LogP contribution in [0.25, 0.3) is 5.13 Å². The van der Waals surface area contributed by atoms with Crippen molar-refractivity contribution in [1.29, 1.82) is 0 Å². The number of nitrogens with one attached hydrogen (secondary N) is 1. The molecule has 0 unspecified atom stereocenters. The van der Waals surface area contributed by atoms with Crippen LogP contribution in [0.15, 0.2) is 0 Å². The summed E-state index contributed by atoms with van der Waals surface area (Å²) in [6, 6.07) is 0. The highest BCUT2D eigenvalue weighted by Crippen LogP contribution is 2.17. The minimum atomic E-state index is 0.604. The summed E-state index contributed by atoms with van der Waals surface area (Å²) < 4.78 is 2.53. The lowest BCUT2D eigenvalue weighted by atomic mass is 10.1. The first kappa shape index (κ1) is 18.3. The Morgan fingerprint density at radius 2 is 1.65 bits per heavy atom. The highest BCUT2D eigenvalue weighted by molar-refractivity contribution is 7.71. The van der Waals surface area contributed by atoms with Crippen LogP contribution >= 0.6 is 23.6 Å². The van der Waals surface area contributed by atoms with E-state index in [1.54, 1.807) is 11.3 Å². The highest BCUT2D eigenvalue weighted by atomic mass is 32.1. The Kier molecular flexibility index (Phi) is 7.88. The Morgan fingerprint density at radius 3 is 2.26 bits per heavy atom. The largest absolute Gasteiger partial charge is 0.251 e. The zero-order chi connectivity index (χ0) is 16.5. The third-order valence-electron chi connectivity index (χ3n) is 3.95. The third-order valence-corrected chi connectivity index (χ3v) is 5.05. The number of nitrogens with zero attached hydrogens (tertiary/aromatic N) is 4. The Balaban J connectivity index is 1.72. The van der Waals surface area contributed by atoms with Crippen LogP contribution in [-0.4, -0.2) is 25.0 Å². The molecular formula is C16H27N5S2. The number of aromatic nitrogens is 5. The van der Waals surface area contributed by atoms with Crippen LogP contribution in [0.3, 0.4) is 0 Å². The van der Waals surface area contributed by atoms with E-state index in [0.717, 1.165) is 28.8 Å². The van der Waals surface area contributed by atoms with Crippen molar-refractivity contribution in [2.45, 2.75) is 78.1 Å². The second kappa shape index (κ2) is 9.93. The molecule has 0 saturated heterocycles. The summed E-state index contributed by atoms with van der Waals surface area (Å²) in [5, 5.41) is 17.2.